The lowest BCUT2D eigenvalue weighted by molar-refractivity contribution is 0.674. The molecule has 0 nitrogen and oxygen atoms in total. The Bertz CT molecular complexity index is 86.9. The van der Waals surface area contributed by atoms with Crippen LogP contribution in [0, 0.1) is 0 Å². The van der Waals surface area contributed by atoms with Crippen LogP contribution < -0.4 is 0 Å². The Balaban J connectivity index is 2.89. The van der Waals surface area contributed by atoms with E-state index in [0.717, 1.165) is 12.2 Å². The maximum absolute atomic E-state index is 4.13. The van der Waals surface area contributed by atoms with Crippen LogP contribution in [0.4, 0.5) is 0 Å². The molecule has 0 unspecified atom stereocenters. The molecule has 0 aromatic heterocycles. The first-order valence-corrected chi connectivity index (χ1v) is 5.31. The molecule has 0 saturated carbocycles. The van der Waals surface area contributed by atoms with E-state index in [4.69, 9.17) is 0 Å². The topological polar surface area (TPSA) is 0 Å². The third kappa shape index (κ3) is 10.1. The van der Waals surface area contributed by atoms with Crippen molar-refractivity contribution in [2.75, 3.05) is 5.75 Å². The molecule has 0 heterocycles. The molecule has 0 amide bonds. The Kier molecular flexibility index (Phi) is 10.2. The van der Waals surface area contributed by atoms with E-state index in [2.05, 4.69) is 31.7 Å². The minimum absolute atomic E-state index is 0.978. The molecule has 0 rings (SSSR count). The standard InChI is InChI=1S/C10H20S/c1-2-3-4-5-6-7-8-9-10-11/h7-8,11H,2-6,9-10H2,1H3/b8-7+. The lowest BCUT2D eigenvalue weighted by atomic mass is 10.1. The average molecular weight is 172 g/mol. The zero-order chi connectivity index (χ0) is 8.36. The van der Waals surface area contributed by atoms with Gasteiger partial charge in [0.1, 0.15) is 0 Å². The molecule has 0 aromatic carbocycles. The quantitative estimate of drug-likeness (QED) is 0.337. The van der Waals surface area contributed by atoms with Crippen LogP contribution in [0.1, 0.15) is 45.4 Å². The summed E-state index contributed by atoms with van der Waals surface area (Å²) in [6.45, 7) is 2.25. The van der Waals surface area contributed by atoms with Gasteiger partial charge < -0.3 is 0 Å². The number of rotatable bonds is 7. The van der Waals surface area contributed by atoms with Gasteiger partial charge in [0.2, 0.25) is 0 Å². The first kappa shape index (κ1) is 11.1. The second-order valence-corrected chi connectivity index (χ2v) is 3.28. The van der Waals surface area contributed by atoms with Crippen molar-refractivity contribution < 1.29 is 0 Å². The second-order valence-electron chi connectivity index (χ2n) is 2.83. The largest absolute Gasteiger partial charge is 0.179 e. The van der Waals surface area contributed by atoms with E-state index in [-0.39, 0.29) is 0 Å². The normalized spacial score (nSPS) is 11.1. The highest BCUT2D eigenvalue weighted by molar-refractivity contribution is 7.80. The molecule has 0 bridgehead atoms. The van der Waals surface area contributed by atoms with Crippen molar-refractivity contribution in [3.63, 3.8) is 0 Å². The SMILES string of the molecule is CCCCCC/C=C/CCS. The Labute approximate surface area is 76.5 Å². The lowest BCUT2D eigenvalue weighted by Gasteiger charge is -1.93. The fourth-order valence-electron chi connectivity index (χ4n) is 0.999. The van der Waals surface area contributed by atoms with E-state index in [1.165, 1.54) is 32.1 Å². The van der Waals surface area contributed by atoms with Crippen LogP contribution in [0.3, 0.4) is 0 Å². The lowest BCUT2D eigenvalue weighted by Crippen LogP contribution is -1.74. The van der Waals surface area contributed by atoms with E-state index in [9.17, 15) is 0 Å². The monoisotopic (exact) mass is 172 g/mol. The summed E-state index contributed by atoms with van der Waals surface area (Å²) in [5.41, 5.74) is 0. The van der Waals surface area contributed by atoms with Gasteiger partial charge in [-0.25, -0.2) is 0 Å². The van der Waals surface area contributed by atoms with Crippen molar-refractivity contribution in [2.24, 2.45) is 0 Å². The third-order valence-electron chi connectivity index (χ3n) is 1.69. The van der Waals surface area contributed by atoms with Gasteiger partial charge in [0.05, 0.1) is 0 Å². The van der Waals surface area contributed by atoms with Gasteiger partial charge in [0.25, 0.3) is 0 Å². The molecule has 1 heteroatoms. The highest BCUT2D eigenvalue weighted by Crippen LogP contribution is 2.03. The molecule has 0 N–H and O–H groups in total. The fourth-order valence-corrected chi connectivity index (χ4v) is 1.15. The minimum atomic E-state index is 0.978. The van der Waals surface area contributed by atoms with E-state index in [1.54, 1.807) is 0 Å². The van der Waals surface area contributed by atoms with Crippen molar-refractivity contribution in [1.82, 2.24) is 0 Å². The summed E-state index contributed by atoms with van der Waals surface area (Å²) in [6, 6.07) is 0. The van der Waals surface area contributed by atoms with Crippen molar-refractivity contribution in [2.45, 2.75) is 45.4 Å². The zero-order valence-electron chi connectivity index (χ0n) is 7.55. The van der Waals surface area contributed by atoms with Gasteiger partial charge >= 0.3 is 0 Å². The predicted octanol–water partition coefficient (Wildman–Crippen LogP) is 3.83. The second kappa shape index (κ2) is 10.1. The van der Waals surface area contributed by atoms with E-state index in [1.807, 2.05) is 0 Å². The van der Waals surface area contributed by atoms with Gasteiger partial charge in [0, 0.05) is 0 Å². The summed E-state index contributed by atoms with van der Waals surface area (Å²) < 4.78 is 0. The summed E-state index contributed by atoms with van der Waals surface area (Å²) >= 11 is 4.13. The first-order chi connectivity index (χ1) is 5.41. The molecule has 0 spiro atoms. The van der Waals surface area contributed by atoms with Crippen molar-refractivity contribution in [3.8, 4) is 0 Å². The van der Waals surface area contributed by atoms with Gasteiger partial charge in [-0.2, -0.15) is 12.6 Å². The molecule has 0 aromatic rings. The van der Waals surface area contributed by atoms with Crippen LogP contribution in [0.2, 0.25) is 0 Å². The maximum Gasteiger partial charge on any atom is -0.00633 e. The molecule has 0 saturated heterocycles. The fraction of sp³-hybridized carbons (Fsp3) is 0.800. The smallest absolute Gasteiger partial charge is 0.00633 e. The highest BCUT2D eigenvalue weighted by Gasteiger charge is 1.83. The number of hydrogen-bond acceptors (Lipinski definition) is 1. The summed E-state index contributed by atoms with van der Waals surface area (Å²) in [5.74, 6) is 0.978. The molecular formula is C10H20S. The molecule has 0 aliphatic heterocycles. The molecule has 0 radical (unpaired) electrons. The van der Waals surface area contributed by atoms with Gasteiger partial charge in [-0.1, -0.05) is 38.3 Å². The van der Waals surface area contributed by atoms with Crippen molar-refractivity contribution in [1.29, 1.82) is 0 Å². The summed E-state index contributed by atoms with van der Waals surface area (Å²) in [4.78, 5) is 0. The van der Waals surface area contributed by atoms with Crippen LogP contribution in [0.5, 0.6) is 0 Å². The Morgan fingerprint density at radius 2 is 1.73 bits per heavy atom. The van der Waals surface area contributed by atoms with Crippen LogP contribution in [0.25, 0.3) is 0 Å². The van der Waals surface area contributed by atoms with Gasteiger partial charge in [-0.15, -0.1) is 0 Å². The van der Waals surface area contributed by atoms with E-state index >= 15 is 0 Å². The molecule has 0 aliphatic carbocycles. The number of allylic oxidation sites excluding steroid dienone is 2. The van der Waals surface area contributed by atoms with Gasteiger partial charge in [-0.05, 0) is 25.0 Å². The minimum Gasteiger partial charge on any atom is -0.179 e. The maximum atomic E-state index is 4.13. The summed E-state index contributed by atoms with van der Waals surface area (Å²) in [7, 11) is 0. The average Bonchev–Trinajstić information content (AvgIpc) is 2.03. The predicted molar refractivity (Wildman–Crippen MR) is 56.4 cm³/mol. The van der Waals surface area contributed by atoms with Crippen LogP contribution in [-0.4, -0.2) is 5.75 Å². The molecular weight excluding hydrogens is 152 g/mol. The molecule has 0 fully saturated rings. The third-order valence-corrected chi connectivity index (χ3v) is 1.94. The zero-order valence-corrected chi connectivity index (χ0v) is 8.45. The van der Waals surface area contributed by atoms with Crippen LogP contribution >= 0.6 is 12.6 Å². The Morgan fingerprint density at radius 3 is 2.36 bits per heavy atom. The van der Waals surface area contributed by atoms with E-state index < -0.39 is 0 Å². The first-order valence-electron chi connectivity index (χ1n) is 4.67. The molecule has 0 aliphatic rings. The molecule has 66 valence electrons. The Hall–Kier alpha value is 0.0900. The summed E-state index contributed by atoms with van der Waals surface area (Å²) in [5, 5.41) is 0. The molecule has 11 heavy (non-hydrogen) atoms. The molecule has 0 atom stereocenters. The Morgan fingerprint density at radius 1 is 1.00 bits per heavy atom. The number of unbranched alkanes of at least 4 members (excludes halogenated alkanes) is 4. The highest BCUT2D eigenvalue weighted by atomic mass is 32.1. The van der Waals surface area contributed by atoms with E-state index in [0.29, 0.717) is 0 Å². The number of hydrogen-bond donors (Lipinski definition) is 1. The van der Waals surface area contributed by atoms with Gasteiger partial charge in [0.15, 0.2) is 0 Å². The van der Waals surface area contributed by atoms with Crippen LogP contribution in [-0.2, 0) is 0 Å². The van der Waals surface area contributed by atoms with Crippen LogP contribution in [0.15, 0.2) is 12.2 Å². The summed E-state index contributed by atoms with van der Waals surface area (Å²) in [6.07, 6.45) is 12.4. The van der Waals surface area contributed by atoms with Crippen molar-refractivity contribution in [3.05, 3.63) is 12.2 Å². The number of thiol groups is 1. The van der Waals surface area contributed by atoms with Crippen molar-refractivity contribution >= 4 is 12.6 Å². The van der Waals surface area contributed by atoms with Gasteiger partial charge in [-0.3, -0.25) is 0 Å².